The number of rotatable bonds is 4. The number of hydrogen-bond donors (Lipinski definition) is 0. The van der Waals surface area contributed by atoms with E-state index in [4.69, 9.17) is 0 Å². The van der Waals surface area contributed by atoms with Crippen LogP contribution in [0.2, 0.25) is 0 Å². The lowest BCUT2D eigenvalue weighted by Crippen LogP contribution is -2.00. The SMILES string of the molecule is Cc1ccc(C(=CC=O)n2ccc(-c3ccc(C)cc3)n2)cc1. The fourth-order valence-electron chi connectivity index (χ4n) is 2.43. The van der Waals surface area contributed by atoms with Gasteiger partial charge in [-0.25, -0.2) is 4.68 Å². The number of aldehydes is 1. The van der Waals surface area contributed by atoms with Gasteiger partial charge in [-0.15, -0.1) is 0 Å². The number of carbonyl (C=O) groups excluding carboxylic acids is 1. The minimum absolute atomic E-state index is 0.762. The van der Waals surface area contributed by atoms with Crippen LogP contribution in [0.3, 0.4) is 0 Å². The maximum absolute atomic E-state index is 11.0. The van der Waals surface area contributed by atoms with Crippen LogP contribution in [0.15, 0.2) is 66.9 Å². The Morgan fingerprint density at radius 3 is 2.13 bits per heavy atom. The van der Waals surface area contributed by atoms with Crippen LogP contribution in [0.5, 0.6) is 0 Å². The van der Waals surface area contributed by atoms with Crippen LogP contribution in [0.1, 0.15) is 16.7 Å². The van der Waals surface area contributed by atoms with Gasteiger partial charge in [0.1, 0.15) is 6.29 Å². The molecule has 0 saturated heterocycles. The molecule has 0 amide bonds. The highest BCUT2D eigenvalue weighted by Crippen LogP contribution is 2.21. The van der Waals surface area contributed by atoms with Crippen LogP contribution in [0, 0.1) is 13.8 Å². The normalized spacial score (nSPS) is 11.5. The number of carbonyl (C=O) groups is 1. The van der Waals surface area contributed by atoms with E-state index in [1.807, 2.05) is 43.5 Å². The molecule has 1 aromatic heterocycles. The summed E-state index contributed by atoms with van der Waals surface area (Å²) in [6.07, 6.45) is 4.21. The molecule has 114 valence electrons. The third-order valence-corrected chi connectivity index (χ3v) is 3.76. The predicted molar refractivity (Wildman–Crippen MR) is 93.0 cm³/mol. The molecule has 0 bridgehead atoms. The summed E-state index contributed by atoms with van der Waals surface area (Å²) in [6, 6.07) is 18.2. The van der Waals surface area contributed by atoms with Crippen molar-refractivity contribution >= 4 is 12.0 Å². The number of allylic oxidation sites excluding steroid dienone is 1. The molecule has 3 nitrogen and oxygen atoms in total. The van der Waals surface area contributed by atoms with E-state index >= 15 is 0 Å². The van der Waals surface area contributed by atoms with E-state index in [9.17, 15) is 4.79 Å². The lowest BCUT2D eigenvalue weighted by molar-refractivity contribution is -0.104. The maximum atomic E-state index is 11.0. The van der Waals surface area contributed by atoms with Crippen molar-refractivity contribution in [3.05, 3.63) is 83.6 Å². The van der Waals surface area contributed by atoms with Crippen molar-refractivity contribution in [3.8, 4) is 11.3 Å². The molecular weight excluding hydrogens is 284 g/mol. The second-order valence-corrected chi connectivity index (χ2v) is 5.57. The molecule has 2 aromatic carbocycles. The van der Waals surface area contributed by atoms with Crippen LogP contribution in [0.25, 0.3) is 17.0 Å². The van der Waals surface area contributed by atoms with E-state index in [1.54, 1.807) is 4.68 Å². The molecular formula is C20H18N2O. The summed E-state index contributed by atoms with van der Waals surface area (Å²) in [5.74, 6) is 0. The first kappa shape index (κ1) is 15.0. The van der Waals surface area contributed by atoms with Crippen LogP contribution >= 0.6 is 0 Å². The molecule has 0 spiro atoms. The Balaban J connectivity index is 1.99. The van der Waals surface area contributed by atoms with E-state index in [0.29, 0.717) is 0 Å². The topological polar surface area (TPSA) is 34.9 Å². The van der Waals surface area contributed by atoms with Crippen molar-refractivity contribution < 1.29 is 4.79 Å². The number of nitrogens with zero attached hydrogens (tertiary/aromatic N) is 2. The van der Waals surface area contributed by atoms with E-state index < -0.39 is 0 Å². The van der Waals surface area contributed by atoms with Gasteiger partial charge in [-0.3, -0.25) is 4.79 Å². The Labute approximate surface area is 135 Å². The molecule has 23 heavy (non-hydrogen) atoms. The van der Waals surface area contributed by atoms with Gasteiger partial charge < -0.3 is 0 Å². The highest BCUT2D eigenvalue weighted by Gasteiger charge is 2.08. The van der Waals surface area contributed by atoms with Crippen molar-refractivity contribution in [2.45, 2.75) is 13.8 Å². The maximum Gasteiger partial charge on any atom is 0.145 e. The fraction of sp³-hybridized carbons (Fsp3) is 0.100. The van der Waals surface area contributed by atoms with Crippen molar-refractivity contribution in [1.82, 2.24) is 9.78 Å². The van der Waals surface area contributed by atoms with Gasteiger partial charge >= 0.3 is 0 Å². The third kappa shape index (κ3) is 3.29. The first-order valence-electron chi connectivity index (χ1n) is 7.53. The average Bonchev–Trinajstić information content (AvgIpc) is 3.04. The summed E-state index contributed by atoms with van der Waals surface area (Å²) in [5.41, 5.74) is 6.06. The van der Waals surface area contributed by atoms with Crippen LogP contribution < -0.4 is 0 Å². The van der Waals surface area contributed by atoms with Gasteiger partial charge in [0.15, 0.2) is 0 Å². The van der Waals surface area contributed by atoms with E-state index in [1.165, 1.54) is 17.2 Å². The number of aromatic nitrogens is 2. The van der Waals surface area contributed by atoms with Crippen molar-refractivity contribution in [2.75, 3.05) is 0 Å². The monoisotopic (exact) mass is 302 g/mol. The van der Waals surface area contributed by atoms with Crippen LogP contribution in [-0.2, 0) is 4.79 Å². The van der Waals surface area contributed by atoms with E-state index in [2.05, 4.69) is 36.3 Å². The van der Waals surface area contributed by atoms with Crippen LogP contribution in [0.4, 0.5) is 0 Å². The van der Waals surface area contributed by atoms with Gasteiger partial charge in [-0.05, 0) is 19.9 Å². The second kappa shape index (κ2) is 6.44. The van der Waals surface area contributed by atoms with Crippen molar-refractivity contribution in [2.24, 2.45) is 0 Å². The van der Waals surface area contributed by atoms with Gasteiger partial charge in [0.2, 0.25) is 0 Å². The molecule has 3 aromatic rings. The molecule has 0 aliphatic heterocycles. The fourth-order valence-corrected chi connectivity index (χ4v) is 2.43. The lowest BCUT2D eigenvalue weighted by atomic mass is 10.1. The molecule has 0 aliphatic carbocycles. The molecule has 3 rings (SSSR count). The Morgan fingerprint density at radius 2 is 1.52 bits per heavy atom. The molecule has 0 radical (unpaired) electrons. The lowest BCUT2D eigenvalue weighted by Gasteiger charge is -2.07. The molecule has 0 atom stereocenters. The van der Waals surface area contributed by atoms with Gasteiger partial charge in [-0.2, -0.15) is 5.10 Å². The Hall–Kier alpha value is -2.94. The third-order valence-electron chi connectivity index (χ3n) is 3.76. The van der Waals surface area contributed by atoms with Crippen molar-refractivity contribution in [3.63, 3.8) is 0 Å². The van der Waals surface area contributed by atoms with Gasteiger partial charge in [0, 0.05) is 23.4 Å². The molecule has 0 N–H and O–H groups in total. The quantitative estimate of drug-likeness (QED) is 0.533. The molecule has 0 saturated carbocycles. The summed E-state index contributed by atoms with van der Waals surface area (Å²) in [6.45, 7) is 4.10. The number of benzene rings is 2. The summed E-state index contributed by atoms with van der Waals surface area (Å²) in [7, 11) is 0. The summed E-state index contributed by atoms with van der Waals surface area (Å²) >= 11 is 0. The van der Waals surface area contributed by atoms with E-state index in [-0.39, 0.29) is 0 Å². The molecule has 0 aliphatic rings. The largest absolute Gasteiger partial charge is 0.298 e. The average molecular weight is 302 g/mol. The first-order chi connectivity index (χ1) is 11.2. The first-order valence-corrected chi connectivity index (χ1v) is 7.53. The van der Waals surface area contributed by atoms with Gasteiger partial charge in [-0.1, -0.05) is 59.7 Å². The summed E-state index contributed by atoms with van der Waals surface area (Å²) in [4.78, 5) is 11.0. The van der Waals surface area contributed by atoms with Gasteiger partial charge in [0.25, 0.3) is 0 Å². The van der Waals surface area contributed by atoms with E-state index in [0.717, 1.165) is 28.8 Å². The minimum atomic E-state index is 0.762. The Bertz CT molecular complexity index is 840. The molecule has 3 heteroatoms. The zero-order valence-corrected chi connectivity index (χ0v) is 13.2. The summed E-state index contributed by atoms with van der Waals surface area (Å²) in [5, 5.41) is 4.62. The number of hydrogen-bond acceptors (Lipinski definition) is 2. The molecule has 0 unspecified atom stereocenters. The summed E-state index contributed by atoms with van der Waals surface area (Å²) < 4.78 is 1.74. The second-order valence-electron chi connectivity index (χ2n) is 5.57. The molecule has 1 heterocycles. The Kier molecular flexibility index (Phi) is 4.20. The minimum Gasteiger partial charge on any atom is -0.298 e. The zero-order chi connectivity index (χ0) is 16.2. The van der Waals surface area contributed by atoms with Crippen LogP contribution in [-0.4, -0.2) is 16.1 Å². The van der Waals surface area contributed by atoms with Gasteiger partial charge in [0.05, 0.1) is 11.4 Å². The zero-order valence-electron chi connectivity index (χ0n) is 13.2. The predicted octanol–water partition coefficient (Wildman–Crippen LogP) is 4.26. The highest BCUT2D eigenvalue weighted by atomic mass is 16.1. The smallest absolute Gasteiger partial charge is 0.145 e. The Morgan fingerprint density at radius 1 is 0.913 bits per heavy atom. The highest BCUT2D eigenvalue weighted by molar-refractivity contribution is 5.81. The molecule has 0 fully saturated rings. The standard InChI is InChI=1S/C20H18N2O/c1-15-3-7-17(8-4-15)19-11-13-22(21-19)20(12-14-23)18-9-5-16(2)6-10-18/h3-14H,1-2H3. The van der Waals surface area contributed by atoms with Crippen molar-refractivity contribution in [1.29, 1.82) is 0 Å². The number of aryl methyl sites for hydroxylation is 2.